The molecule has 1 rings (SSSR count). The largest absolute Gasteiger partial charge is 0.389 e. The van der Waals surface area contributed by atoms with Crippen LogP contribution in [-0.2, 0) is 0 Å². The van der Waals surface area contributed by atoms with Gasteiger partial charge in [0.1, 0.15) is 0 Å². The number of hydrogen-bond acceptors (Lipinski definition) is 1. The Kier molecular flexibility index (Phi) is 0.939. The summed E-state index contributed by atoms with van der Waals surface area (Å²) in [7, 11) is 0. The Morgan fingerprint density at radius 2 is 0.889 bits per heavy atom. The molecular formula is C8H16O. The van der Waals surface area contributed by atoms with Gasteiger partial charge in [-0.05, 0) is 6.92 Å². The highest BCUT2D eigenvalue weighted by molar-refractivity contribution is 5.23. The summed E-state index contributed by atoms with van der Waals surface area (Å²) >= 11 is 0. The minimum atomic E-state index is -0.458. The molecule has 0 saturated heterocycles. The van der Waals surface area contributed by atoms with Crippen LogP contribution in [0.1, 0.15) is 34.6 Å². The van der Waals surface area contributed by atoms with Crippen LogP contribution in [0.25, 0.3) is 0 Å². The fraction of sp³-hybridized carbons (Fsp3) is 1.00. The Bertz CT molecular complexity index is 102. The Labute approximate surface area is 57.1 Å². The highest BCUT2D eigenvalue weighted by Gasteiger charge is 2.73. The minimum Gasteiger partial charge on any atom is -0.389 e. The maximum Gasteiger partial charge on any atom is 0.0733 e. The molecule has 0 heterocycles. The Balaban J connectivity index is 2.91. The van der Waals surface area contributed by atoms with Crippen LogP contribution in [0.4, 0.5) is 0 Å². The van der Waals surface area contributed by atoms with Gasteiger partial charge in [-0.15, -0.1) is 0 Å². The van der Waals surface area contributed by atoms with E-state index in [0.29, 0.717) is 0 Å². The third-order valence-electron chi connectivity index (χ3n) is 3.93. The quantitative estimate of drug-likeness (QED) is 0.527. The molecule has 1 aliphatic carbocycles. The molecule has 0 aliphatic heterocycles. The molecule has 0 aromatic carbocycles. The van der Waals surface area contributed by atoms with Crippen molar-refractivity contribution in [1.29, 1.82) is 0 Å². The van der Waals surface area contributed by atoms with Crippen molar-refractivity contribution in [3.8, 4) is 0 Å². The van der Waals surface area contributed by atoms with Gasteiger partial charge in [0.25, 0.3) is 0 Å². The molecule has 1 fully saturated rings. The van der Waals surface area contributed by atoms with Crippen molar-refractivity contribution in [2.24, 2.45) is 10.8 Å². The van der Waals surface area contributed by atoms with Crippen molar-refractivity contribution >= 4 is 0 Å². The molecule has 1 aliphatic rings. The van der Waals surface area contributed by atoms with Gasteiger partial charge in [-0.3, -0.25) is 0 Å². The van der Waals surface area contributed by atoms with Crippen LogP contribution in [0.5, 0.6) is 0 Å². The molecule has 54 valence electrons. The van der Waals surface area contributed by atoms with Gasteiger partial charge in [0.2, 0.25) is 0 Å². The van der Waals surface area contributed by atoms with Crippen LogP contribution in [0, 0.1) is 10.8 Å². The molecule has 0 atom stereocenters. The molecule has 1 N–H and O–H groups in total. The van der Waals surface area contributed by atoms with E-state index < -0.39 is 5.60 Å². The van der Waals surface area contributed by atoms with Gasteiger partial charge >= 0.3 is 0 Å². The molecule has 0 unspecified atom stereocenters. The van der Waals surface area contributed by atoms with E-state index in [-0.39, 0.29) is 10.8 Å². The molecule has 9 heavy (non-hydrogen) atoms. The summed E-state index contributed by atoms with van der Waals surface area (Å²) in [5.41, 5.74) is -0.264. The standard InChI is InChI=1S/C8H16O/c1-6(2)7(3,4)8(6,5)9/h9H,1-5H3. The van der Waals surface area contributed by atoms with E-state index in [0.717, 1.165) is 0 Å². The zero-order valence-electron chi connectivity index (χ0n) is 6.95. The van der Waals surface area contributed by atoms with E-state index in [9.17, 15) is 5.11 Å². The van der Waals surface area contributed by atoms with E-state index in [1.54, 1.807) is 0 Å². The summed E-state index contributed by atoms with van der Waals surface area (Å²) in [6, 6.07) is 0. The SMILES string of the molecule is CC1(C)C(C)(C)C1(C)O. The molecule has 0 spiro atoms. The zero-order chi connectivity index (χ0) is 7.50. The van der Waals surface area contributed by atoms with Crippen molar-refractivity contribution in [2.75, 3.05) is 0 Å². The molecule has 0 aromatic heterocycles. The molecule has 0 radical (unpaired) electrons. The Morgan fingerprint density at radius 1 is 0.778 bits per heavy atom. The van der Waals surface area contributed by atoms with E-state index in [2.05, 4.69) is 27.7 Å². The second-order valence-corrected chi connectivity index (χ2v) is 4.32. The molecule has 1 heteroatoms. The maximum atomic E-state index is 9.69. The van der Waals surface area contributed by atoms with Gasteiger partial charge < -0.3 is 5.11 Å². The van der Waals surface area contributed by atoms with Crippen LogP contribution in [0.15, 0.2) is 0 Å². The third-order valence-corrected chi connectivity index (χ3v) is 3.93. The van der Waals surface area contributed by atoms with E-state index >= 15 is 0 Å². The number of hydrogen-bond donors (Lipinski definition) is 1. The van der Waals surface area contributed by atoms with E-state index in [1.807, 2.05) is 6.92 Å². The first-order valence-electron chi connectivity index (χ1n) is 3.47. The van der Waals surface area contributed by atoms with E-state index in [4.69, 9.17) is 0 Å². The average molecular weight is 128 g/mol. The normalized spacial score (nSPS) is 34.0. The van der Waals surface area contributed by atoms with Gasteiger partial charge in [0.05, 0.1) is 5.60 Å². The third kappa shape index (κ3) is 0.454. The van der Waals surface area contributed by atoms with Crippen LogP contribution in [0.3, 0.4) is 0 Å². The fourth-order valence-electron chi connectivity index (χ4n) is 1.56. The summed E-state index contributed by atoms with van der Waals surface area (Å²) in [5.74, 6) is 0. The Morgan fingerprint density at radius 3 is 0.889 bits per heavy atom. The summed E-state index contributed by atoms with van der Waals surface area (Å²) in [4.78, 5) is 0. The zero-order valence-corrected chi connectivity index (χ0v) is 6.95. The first kappa shape index (κ1) is 7.07. The topological polar surface area (TPSA) is 20.2 Å². The van der Waals surface area contributed by atoms with Gasteiger partial charge in [-0.1, -0.05) is 27.7 Å². The van der Waals surface area contributed by atoms with Crippen molar-refractivity contribution in [2.45, 2.75) is 40.2 Å². The second kappa shape index (κ2) is 1.20. The van der Waals surface area contributed by atoms with Gasteiger partial charge in [-0.25, -0.2) is 0 Å². The lowest BCUT2D eigenvalue weighted by molar-refractivity contribution is 0.110. The number of aliphatic hydroxyl groups is 1. The van der Waals surface area contributed by atoms with Gasteiger partial charge in [0.15, 0.2) is 0 Å². The predicted molar refractivity (Wildman–Crippen MR) is 38.2 cm³/mol. The lowest BCUT2D eigenvalue weighted by Gasteiger charge is -2.03. The van der Waals surface area contributed by atoms with Crippen LogP contribution in [0.2, 0.25) is 0 Å². The van der Waals surface area contributed by atoms with Crippen molar-refractivity contribution < 1.29 is 5.11 Å². The smallest absolute Gasteiger partial charge is 0.0733 e. The first-order chi connectivity index (χ1) is 3.75. The molecule has 1 nitrogen and oxygen atoms in total. The van der Waals surface area contributed by atoms with Crippen LogP contribution < -0.4 is 0 Å². The summed E-state index contributed by atoms with van der Waals surface area (Å²) in [6.45, 7) is 10.3. The summed E-state index contributed by atoms with van der Waals surface area (Å²) < 4.78 is 0. The second-order valence-electron chi connectivity index (χ2n) is 4.32. The minimum absolute atomic E-state index is 0.0972. The van der Waals surface area contributed by atoms with Gasteiger partial charge in [0, 0.05) is 10.8 Å². The van der Waals surface area contributed by atoms with Crippen molar-refractivity contribution in [3.05, 3.63) is 0 Å². The molecular weight excluding hydrogens is 112 g/mol. The lowest BCUT2D eigenvalue weighted by Crippen LogP contribution is -2.10. The average Bonchev–Trinajstić information content (AvgIpc) is 1.84. The van der Waals surface area contributed by atoms with Crippen molar-refractivity contribution in [1.82, 2.24) is 0 Å². The molecule has 0 bridgehead atoms. The fourth-order valence-corrected chi connectivity index (χ4v) is 1.56. The number of rotatable bonds is 0. The monoisotopic (exact) mass is 128 g/mol. The lowest BCUT2D eigenvalue weighted by atomic mass is 10.0. The summed E-state index contributed by atoms with van der Waals surface area (Å²) in [6.07, 6.45) is 0. The highest BCUT2D eigenvalue weighted by atomic mass is 16.3. The maximum absolute atomic E-state index is 9.69. The van der Waals surface area contributed by atoms with Crippen LogP contribution in [-0.4, -0.2) is 10.7 Å². The molecule has 1 saturated carbocycles. The van der Waals surface area contributed by atoms with Gasteiger partial charge in [-0.2, -0.15) is 0 Å². The Hall–Kier alpha value is -0.0400. The molecule has 0 amide bonds. The first-order valence-corrected chi connectivity index (χ1v) is 3.47. The predicted octanol–water partition coefficient (Wildman–Crippen LogP) is 1.80. The van der Waals surface area contributed by atoms with E-state index in [1.165, 1.54) is 0 Å². The van der Waals surface area contributed by atoms with Crippen LogP contribution >= 0.6 is 0 Å². The highest BCUT2D eigenvalue weighted by Crippen LogP contribution is 2.70. The van der Waals surface area contributed by atoms with Crippen molar-refractivity contribution in [3.63, 3.8) is 0 Å². The molecule has 0 aromatic rings. The summed E-state index contributed by atoms with van der Waals surface area (Å²) in [5, 5.41) is 9.69.